The molecule has 0 amide bonds. The summed E-state index contributed by atoms with van der Waals surface area (Å²) in [6.07, 6.45) is 2.40. The van der Waals surface area contributed by atoms with Gasteiger partial charge < -0.3 is 11.5 Å². The Labute approximate surface area is 111 Å². The molecule has 1 aromatic heterocycles. The van der Waals surface area contributed by atoms with Crippen LogP contribution in [0.15, 0.2) is 48.7 Å². The third-order valence-corrected chi connectivity index (χ3v) is 3.18. The van der Waals surface area contributed by atoms with Crippen molar-refractivity contribution in [3.8, 4) is 0 Å². The molecule has 2 aromatic carbocycles. The van der Waals surface area contributed by atoms with Gasteiger partial charge in [0.2, 0.25) is 5.95 Å². The van der Waals surface area contributed by atoms with E-state index in [-0.39, 0.29) is 5.95 Å². The van der Waals surface area contributed by atoms with Crippen LogP contribution in [0.1, 0.15) is 11.1 Å². The molecule has 0 saturated heterocycles. The van der Waals surface area contributed by atoms with E-state index < -0.39 is 0 Å². The molecule has 3 aromatic rings. The third-order valence-electron chi connectivity index (χ3n) is 3.18. The Hall–Kier alpha value is -2.62. The SMILES string of the molecule is Nc1ncc(Cc2cccc3ccccc23)c(N)n1. The smallest absolute Gasteiger partial charge is 0.221 e. The van der Waals surface area contributed by atoms with Gasteiger partial charge in [0.05, 0.1) is 0 Å². The van der Waals surface area contributed by atoms with Gasteiger partial charge in [-0.15, -0.1) is 0 Å². The fraction of sp³-hybridized carbons (Fsp3) is 0.0667. The Kier molecular flexibility index (Phi) is 2.76. The molecule has 0 saturated carbocycles. The van der Waals surface area contributed by atoms with Gasteiger partial charge in [-0.25, -0.2) is 4.98 Å². The van der Waals surface area contributed by atoms with Crippen molar-refractivity contribution in [2.24, 2.45) is 0 Å². The van der Waals surface area contributed by atoms with E-state index in [9.17, 15) is 0 Å². The third kappa shape index (κ3) is 2.20. The van der Waals surface area contributed by atoms with Crippen molar-refractivity contribution in [2.75, 3.05) is 11.5 Å². The van der Waals surface area contributed by atoms with Crippen LogP contribution in [0.4, 0.5) is 11.8 Å². The Morgan fingerprint density at radius 3 is 2.53 bits per heavy atom. The molecule has 4 N–H and O–H groups in total. The predicted molar refractivity (Wildman–Crippen MR) is 77.6 cm³/mol. The molecule has 0 spiro atoms. The van der Waals surface area contributed by atoms with E-state index in [1.54, 1.807) is 6.20 Å². The molecule has 0 fully saturated rings. The monoisotopic (exact) mass is 250 g/mol. The lowest BCUT2D eigenvalue weighted by molar-refractivity contribution is 1.10. The maximum absolute atomic E-state index is 5.88. The molecule has 4 nitrogen and oxygen atoms in total. The quantitative estimate of drug-likeness (QED) is 0.732. The van der Waals surface area contributed by atoms with E-state index in [2.05, 4.69) is 34.2 Å². The average Bonchev–Trinajstić information content (AvgIpc) is 2.42. The summed E-state index contributed by atoms with van der Waals surface area (Å²) in [6.45, 7) is 0. The first-order chi connectivity index (χ1) is 9.24. The second kappa shape index (κ2) is 4.57. The van der Waals surface area contributed by atoms with Gasteiger partial charge in [-0.1, -0.05) is 42.5 Å². The number of benzene rings is 2. The maximum Gasteiger partial charge on any atom is 0.221 e. The van der Waals surface area contributed by atoms with Crippen molar-refractivity contribution in [2.45, 2.75) is 6.42 Å². The van der Waals surface area contributed by atoms with Gasteiger partial charge in [0, 0.05) is 18.2 Å². The first-order valence-corrected chi connectivity index (χ1v) is 6.07. The number of fused-ring (bicyclic) bond motifs is 1. The first-order valence-electron chi connectivity index (χ1n) is 6.07. The lowest BCUT2D eigenvalue weighted by Crippen LogP contribution is -2.04. The molecular weight excluding hydrogens is 236 g/mol. The van der Waals surface area contributed by atoms with Crippen LogP contribution in [0.3, 0.4) is 0 Å². The Morgan fingerprint density at radius 1 is 0.895 bits per heavy atom. The number of aromatic nitrogens is 2. The minimum absolute atomic E-state index is 0.208. The average molecular weight is 250 g/mol. The summed E-state index contributed by atoms with van der Waals surface area (Å²) in [5.74, 6) is 0.652. The summed E-state index contributed by atoms with van der Waals surface area (Å²) in [5.41, 5.74) is 13.5. The van der Waals surface area contributed by atoms with Gasteiger partial charge in [-0.2, -0.15) is 4.98 Å². The molecule has 94 valence electrons. The fourth-order valence-corrected chi connectivity index (χ4v) is 2.22. The highest BCUT2D eigenvalue weighted by atomic mass is 15.0. The van der Waals surface area contributed by atoms with Crippen molar-refractivity contribution in [1.29, 1.82) is 0 Å². The lowest BCUT2D eigenvalue weighted by atomic mass is 9.99. The summed E-state index contributed by atoms with van der Waals surface area (Å²) in [5, 5.41) is 2.44. The molecule has 3 rings (SSSR count). The highest BCUT2D eigenvalue weighted by Gasteiger charge is 2.06. The molecule has 0 unspecified atom stereocenters. The molecule has 4 heteroatoms. The number of nitrogens with zero attached hydrogens (tertiary/aromatic N) is 2. The van der Waals surface area contributed by atoms with Crippen LogP contribution in [0.25, 0.3) is 10.8 Å². The Balaban J connectivity index is 2.06. The van der Waals surface area contributed by atoms with Crippen molar-refractivity contribution in [3.05, 3.63) is 59.8 Å². The van der Waals surface area contributed by atoms with Crippen LogP contribution in [-0.2, 0) is 6.42 Å². The molecular formula is C15H14N4. The number of anilines is 2. The molecule has 0 atom stereocenters. The summed E-state index contributed by atoms with van der Waals surface area (Å²) in [7, 11) is 0. The van der Waals surface area contributed by atoms with Crippen molar-refractivity contribution >= 4 is 22.5 Å². The number of hydrogen-bond donors (Lipinski definition) is 2. The molecule has 0 aliphatic heterocycles. The molecule has 1 heterocycles. The van der Waals surface area contributed by atoms with Crippen LogP contribution < -0.4 is 11.5 Å². The number of nitrogen functional groups attached to an aromatic ring is 2. The molecule has 0 aliphatic carbocycles. The predicted octanol–water partition coefficient (Wildman–Crippen LogP) is 2.39. The van der Waals surface area contributed by atoms with Gasteiger partial charge in [0.25, 0.3) is 0 Å². The summed E-state index contributed by atoms with van der Waals surface area (Å²) < 4.78 is 0. The second-order valence-electron chi connectivity index (χ2n) is 4.45. The summed E-state index contributed by atoms with van der Waals surface area (Å²) in [6, 6.07) is 14.5. The van der Waals surface area contributed by atoms with E-state index in [4.69, 9.17) is 11.5 Å². The number of nitrogens with two attached hydrogens (primary N) is 2. The summed E-state index contributed by atoms with van der Waals surface area (Å²) >= 11 is 0. The zero-order valence-electron chi connectivity index (χ0n) is 10.4. The minimum Gasteiger partial charge on any atom is -0.383 e. The van der Waals surface area contributed by atoms with E-state index >= 15 is 0 Å². The first kappa shape index (κ1) is 11.5. The molecule has 0 aliphatic rings. The number of hydrogen-bond acceptors (Lipinski definition) is 4. The molecule has 19 heavy (non-hydrogen) atoms. The van der Waals surface area contributed by atoms with Crippen LogP contribution in [-0.4, -0.2) is 9.97 Å². The van der Waals surface area contributed by atoms with Crippen molar-refractivity contribution < 1.29 is 0 Å². The van der Waals surface area contributed by atoms with Crippen LogP contribution in [0, 0.1) is 0 Å². The Morgan fingerprint density at radius 2 is 1.68 bits per heavy atom. The van der Waals surface area contributed by atoms with E-state index in [0.717, 1.165) is 5.56 Å². The van der Waals surface area contributed by atoms with E-state index in [1.165, 1.54) is 16.3 Å². The lowest BCUT2D eigenvalue weighted by Gasteiger charge is -2.08. The van der Waals surface area contributed by atoms with Gasteiger partial charge in [-0.05, 0) is 16.3 Å². The van der Waals surface area contributed by atoms with Crippen molar-refractivity contribution in [3.63, 3.8) is 0 Å². The van der Waals surface area contributed by atoms with Gasteiger partial charge in [0.15, 0.2) is 0 Å². The minimum atomic E-state index is 0.208. The van der Waals surface area contributed by atoms with Gasteiger partial charge in [0.1, 0.15) is 5.82 Å². The zero-order chi connectivity index (χ0) is 13.2. The topological polar surface area (TPSA) is 77.8 Å². The second-order valence-corrected chi connectivity index (χ2v) is 4.45. The zero-order valence-corrected chi connectivity index (χ0v) is 10.4. The molecule has 0 bridgehead atoms. The van der Waals surface area contributed by atoms with E-state index in [1.807, 2.05) is 18.2 Å². The normalized spacial score (nSPS) is 10.7. The summed E-state index contributed by atoms with van der Waals surface area (Å²) in [4.78, 5) is 8.00. The number of rotatable bonds is 2. The fourth-order valence-electron chi connectivity index (χ4n) is 2.22. The standard InChI is InChI=1S/C15H14N4/c16-14-12(9-18-15(17)19-14)8-11-6-3-5-10-4-1-2-7-13(10)11/h1-7,9H,8H2,(H4,16,17,18,19). The molecule has 0 radical (unpaired) electrons. The highest BCUT2D eigenvalue weighted by molar-refractivity contribution is 5.86. The van der Waals surface area contributed by atoms with Crippen LogP contribution in [0.5, 0.6) is 0 Å². The van der Waals surface area contributed by atoms with E-state index in [0.29, 0.717) is 12.2 Å². The largest absolute Gasteiger partial charge is 0.383 e. The van der Waals surface area contributed by atoms with Crippen LogP contribution >= 0.6 is 0 Å². The van der Waals surface area contributed by atoms with Crippen molar-refractivity contribution in [1.82, 2.24) is 9.97 Å². The Bertz CT molecular complexity index is 732. The maximum atomic E-state index is 5.88. The van der Waals surface area contributed by atoms with Gasteiger partial charge in [-0.3, -0.25) is 0 Å². The van der Waals surface area contributed by atoms with Gasteiger partial charge >= 0.3 is 0 Å². The highest BCUT2D eigenvalue weighted by Crippen LogP contribution is 2.22. The van der Waals surface area contributed by atoms with Crippen LogP contribution in [0.2, 0.25) is 0 Å².